The molecule has 0 unspecified atom stereocenters. The minimum absolute atomic E-state index is 0.553. The Morgan fingerprint density at radius 2 is 2.00 bits per heavy atom. The predicted octanol–water partition coefficient (Wildman–Crippen LogP) is 1.83. The first-order valence-electron chi connectivity index (χ1n) is 6.90. The zero-order valence-electron chi connectivity index (χ0n) is 12.1. The van der Waals surface area contributed by atoms with Crippen LogP contribution in [0.2, 0.25) is 0 Å². The molecule has 0 amide bonds. The zero-order chi connectivity index (χ0) is 14.8. The normalized spacial score (nSPS) is 11.0. The van der Waals surface area contributed by atoms with E-state index in [9.17, 15) is 0 Å². The van der Waals surface area contributed by atoms with Crippen LogP contribution in [0.1, 0.15) is 5.56 Å². The molecule has 1 heterocycles. The number of hydrogen-bond acceptors (Lipinski definition) is 3. The third-order valence-electron chi connectivity index (χ3n) is 2.82. The van der Waals surface area contributed by atoms with Crippen LogP contribution in [0.3, 0.4) is 0 Å². The van der Waals surface area contributed by atoms with Crippen molar-refractivity contribution in [1.82, 2.24) is 15.6 Å². The molecule has 0 atom stereocenters. The molecule has 21 heavy (non-hydrogen) atoms. The maximum Gasteiger partial charge on any atom is 0.191 e. The SMILES string of the molecule is CN=C(NCCOc1cccnc1)NCc1ccccc1. The maximum absolute atomic E-state index is 5.56. The van der Waals surface area contributed by atoms with Crippen molar-refractivity contribution in [2.24, 2.45) is 4.99 Å². The number of nitrogens with one attached hydrogen (secondary N) is 2. The van der Waals surface area contributed by atoms with Crippen LogP contribution in [0.5, 0.6) is 5.75 Å². The molecule has 0 spiro atoms. The first-order chi connectivity index (χ1) is 10.4. The highest BCUT2D eigenvalue weighted by molar-refractivity contribution is 5.79. The van der Waals surface area contributed by atoms with Crippen LogP contribution in [-0.4, -0.2) is 31.1 Å². The molecule has 5 heteroatoms. The second-order valence-corrected chi connectivity index (χ2v) is 4.38. The van der Waals surface area contributed by atoms with Crippen molar-refractivity contribution in [2.45, 2.75) is 6.54 Å². The second kappa shape index (κ2) is 8.58. The smallest absolute Gasteiger partial charge is 0.191 e. The van der Waals surface area contributed by atoms with Crippen molar-refractivity contribution < 1.29 is 4.74 Å². The lowest BCUT2D eigenvalue weighted by molar-refractivity contribution is 0.320. The van der Waals surface area contributed by atoms with Gasteiger partial charge in [0.2, 0.25) is 0 Å². The quantitative estimate of drug-likeness (QED) is 0.483. The van der Waals surface area contributed by atoms with E-state index in [0.29, 0.717) is 13.2 Å². The number of guanidine groups is 1. The standard InChI is InChI=1S/C16H20N4O/c1-17-16(20-12-14-6-3-2-4-7-14)19-10-11-21-15-8-5-9-18-13-15/h2-9,13H,10-12H2,1H3,(H2,17,19,20). The van der Waals surface area contributed by atoms with Gasteiger partial charge in [-0.15, -0.1) is 0 Å². The largest absolute Gasteiger partial charge is 0.490 e. The molecule has 0 bridgehead atoms. The first-order valence-corrected chi connectivity index (χ1v) is 6.90. The van der Waals surface area contributed by atoms with E-state index in [1.807, 2.05) is 30.3 Å². The molecule has 0 aliphatic heterocycles. The fourth-order valence-electron chi connectivity index (χ4n) is 1.77. The molecule has 1 aromatic carbocycles. The van der Waals surface area contributed by atoms with Crippen molar-refractivity contribution in [3.63, 3.8) is 0 Å². The van der Waals surface area contributed by atoms with Gasteiger partial charge in [0.05, 0.1) is 12.7 Å². The summed E-state index contributed by atoms with van der Waals surface area (Å²) in [5.74, 6) is 1.53. The summed E-state index contributed by atoms with van der Waals surface area (Å²) in [6.07, 6.45) is 3.42. The molecular formula is C16H20N4O. The van der Waals surface area contributed by atoms with Gasteiger partial charge in [-0.3, -0.25) is 9.98 Å². The van der Waals surface area contributed by atoms with E-state index >= 15 is 0 Å². The molecule has 0 saturated heterocycles. The number of ether oxygens (including phenoxy) is 1. The summed E-state index contributed by atoms with van der Waals surface area (Å²) < 4.78 is 5.56. The van der Waals surface area contributed by atoms with Gasteiger partial charge in [-0.05, 0) is 17.7 Å². The lowest BCUT2D eigenvalue weighted by Crippen LogP contribution is -2.38. The van der Waals surface area contributed by atoms with Crippen LogP contribution in [-0.2, 0) is 6.54 Å². The number of benzene rings is 1. The third kappa shape index (κ3) is 5.52. The molecule has 2 aromatic rings. The molecule has 110 valence electrons. The molecule has 0 saturated carbocycles. The van der Waals surface area contributed by atoms with Crippen molar-refractivity contribution in [2.75, 3.05) is 20.2 Å². The maximum atomic E-state index is 5.56. The highest BCUT2D eigenvalue weighted by atomic mass is 16.5. The average molecular weight is 284 g/mol. The van der Waals surface area contributed by atoms with Crippen LogP contribution >= 0.6 is 0 Å². The van der Waals surface area contributed by atoms with Gasteiger partial charge in [0.15, 0.2) is 5.96 Å². The van der Waals surface area contributed by atoms with Gasteiger partial charge >= 0.3 is 0 Å². The highest BCUT2D eigenvalue weighted by Crippen LogP contribution is 2.04. The zero-order valence-corrected chi connectivity index (χ0v) is 12.1. The van der Waals surface area contributed by atoms with Crippen LogP contribution < -0.4 is 15.4 Å². The van der Waals surface area contributed by atoms with E-state index in [4.69, 9.17) is 4.74 Å². The summed E-state index contributed by atoms with van der Waals surface area (Å²) in [5, 5.41) is 6.46. The van der Waals surface area contributed by atoms with Crippen LogP contribution in [0.25, 0.3) is 0 Å². The van der Waals surface area contributed by atoms with Crippen LogP contribution in [0, 0.1) is 0 Å². The van der Waals surface area contributed by atoms with Gasteiger partial charge < -0.3 is 15.4 Å². The summed E-state index contributed by atoms with van der Waals surface area (Å²) in [6, 6.07) is 13.9. The van der Waals surface area contributed by atoms with Crippen LogP contribution in [0.4, 0.5) is 0 Å². The van der Waals surface area contributed by atoms with Gasteiger partial charge in [0.25, 0.3) is 0 Å². The Balaban J connectivity index is 1.66. The third-order valence-corrected chi connectivity index (χ3v) is 2.82. The molecule has 2 N–H and O–H groups in total. The molecule has 0 fully saturated rings. The van der Waals surface area contributed by atoms with Gasteiger partial charge in [-0.2, -0.15) is 0 Å². The van der Waals surface area contributed by atoms with Crippen molar-refractivity contribution in [1.29, 1.82) is 0 Å². The molecule has 0 radical (unpaired) electrons. The lowest BCUT2D eigenvalue weighted by Gasteiger charge is -2.12. The molecule has 0 aliphatic rings. The second-order valence-electron chi connectivity index (χ2n) is 4.38. The summed E-state index contributed by atoms with van der Waals surface area (Å²) >= 11 is 0. The van der Waals surface area contributed by atoms with E-state index < -0.39 is 0 Å². The number of aliphatic imine (C=N–C) groups is 1. The average Bonchev–Trinajstić information content (AvgIpc) is 2.56. The fraction of sp³-hybridized carbons (Fsp3) is 0.250. The van der Waals surface area contributed by atoms with Gasteiger partial charge in [0.1, 0.15) is 12.4 Å². The van der Waals surface area contributed by atoms with E-state index in [1.54, 1.807) is 19.4 Å². The van der Waals surface area contributed by atoms with Crippen molar-refractivity contribution in [3.8, 4) is 5.75 Å². The Kier molecular flexibility index (Phi) is 6.06. The monoisotopic (exact) mass is 284 g/mol. The molecule has 0 aliphatic carbocycles. The Morgan fingerprint density at radius 3 is 2.71 bits per heavy atom. The van der Waals surface area contributed by atoms with E-state index in [0.717, 1.165) is 18.3 Å². The number of pyridine rings is 1. The minimum Gasteiger partial charge on any atom is -0.490 e. The predicted molar refractivity (Wildman–Crippen MR) is 84.4 cm³/mol. The summed E-state index contributed by atoms with van der Waals surface area (Å²) in [4.78, 5) is 8.17. The summed E-state index contributed by atoms with van der Waals surface area (Å²) in [7, 11) is 1.75. The first kappa shape index (κ1) is 14.8. The number of nitrogens with zero attached hydrogens (tertiary/aromatic N) is 2. The number of rotatable bonds is 6. The molecule has 5 nitrogen and oxygen atoms in total. The van der Waals surface area contributed by atoms with E-state index in [1.165, 1.54) is 5.56 Å². The fourth-order valence-corrected chi connectivity index (χ4v) is 1.77. The molecular weight excluding hydrogens is 264 g/mol. The highest BCUT2D eigenvalue weighted by Gasteiger charge is 1.98. The molecule has 2 rings (SSSR count). The van der Waals surface area contributed by atoms with Crippen molar-refractivity contribution >= 4 is 5.96 Å². The topological polar surface area (TPSA) is 58.5 Å². The van der Waals surface area contributed by atoms with Gasteiger partial charge in [0, 0.05) is 19.8 Å². The van der Waals surface area contributed by atoms with E-state index in [-0.39, 0.29) is 0 Å². The number of hydrogen-bond donors (Lipinski definition) is 2. The number of aromatic nitrogens is 1. The summed E-state index contributed by atoms with van der Waals surface area (Å²) in [6.45, 7) is 1.96. The Bertz CT molecular complexity index is 543. The Morgan fingerprint density at radius 1 is 1.14 bits per heavy atom. The van der Waals surface area contributed by atoms with Crippen molar-refractivity contribution in [3.05, 3.63) is 60.4 Å². The van der Waals surface area contributed by atoms with Crippen LogP contribution in [0.15, 0.2) is 59.9 Å². The van der Waals surface area contributed by atoms with Gasteiger partial charge in [-0.25, -0.2) is 0 Å². The Labute approximate surface area is 125 Å². The summed E-state index contributed by atoms with van der Waals surface area (Å²) in [5.41, 5.74) is 1.21. The molecule has 1 aromatic heterocycles. The minimum atomic E-state index is 0.553. The van der Waals surface area contributed by atoms with E-state index in [2.05, 4.69) is 32.7 Å². The van der Waals surface area contributed by atoms with Gasteiger partial charge in [-0.1, -0.05) is 30.3 Å². The Hall–Kier alpha value is -2.56. The lowest BCUT2D eigenvalue weighted by atomic mass is 10.2.